The van der Waals surface area contributed by atoms with E-state index >= 15 is 0 Å². The van der Waals surface area contributed by atoms with E-state index in [0.717, 1.165) is 25.7 Å². The minimum absolute atomic E-state index is 0.0261. The van der Waals surface area contributed by atoms with Gasteiger partial charge in [-0.2, -0.15) is 9.97 Å². The lowest BCUT2D eigenvalue weighted by Gasteiger charge is -2.41. The van der Waals surface area contributed by atoms with Crippen LogP contribution in [0, 0.1) is 5.92 Å². The van der Waals surface area contributed by atoms with Crippen molar-refractivity contribution < 1.29 is 27.8 Å². The van der Waals surface area contributed by atoms with Crippen LogP contribution in [0.25, 0.3) is 16.9 Å². The van der Waals surface area contributed by atoms with E-state index in [1.54, 1.807) is 37.4 Å². The van der Waals surface area contributed by atoms with Gasteiger partial charge in [0.15, 0.2) is 5.82 Å². The number of alkyl halides is 2. The average Bonchev–Trinajstić information content (AvgIpc) is 3.35. The van der Waals surface area contributed by atoms with Gasteiger partial charge in [0.1, 0.15) is 11.9 Å². The maximum Gasteiger partial charge on any atom is 0.296 e. The summed E-state index contributed by atoms with van der Waals surface area (Å²) in [6.07, 6.45) is 0.683. The molecule has 0 bridgehead atoms. The fourth-order valence-electron chi connectivity index (χ4n) is 5.58. The zero-order chi connectivity index (χ0) is 26.9. The van der Waals surface area contributed by atoms with Crippen molar-refractivity contribution in [3.05, 3.63) is 36.2 Å². The van der Waals surface area contributed by atoms with E-state index in [1.165, 1.54) is 4.57 Å². The zero-order valence-corrected chi connectivity index (χ0v) is 21.8. The van der Waals surface area contributed by atoms with Crippen LogP contribution < -0.4 is 9.64 Å². The number of nitrogens with zero attached hydrogens (tertiary/aromatic N) is 6. The summed E-state index contributed by atoms with van der Waals surface area (Å²) in [5.41, 5.74) is 0.975. The van der Waals surface area contributed by atoms with Gasteiger partial charge in [0.25, 0.3) is 6.43 Å². The SMILES string of the molecule is CO[C@H]1CC[C@H](C(=O)N2CC(Oc3cc(-n4c(C(F)F)nc5ccccc54)nc(N4CCOCC4)n3)C2)CC1. The van der Waals surface area contributed by atoms with Gasteiger partial charge in [-0.05, 0) is 37.8 Å². The lowest BCUT2D eigenvalue weighted by molar-refractivity contribution is -0.146. The second kappa shape index (κ2) is 11.0. The molecule has 2 aliphatic heterocycles. The number of carbonyl (C=O) groups excluding carboxylic acids is 1. The van der Waals surface area contributed by atoms with Crippen LogP contribution in [0.1, 0.15) is 37.9 Å². The minimum Gasteiger partial charge on any atom is -0.470 e. The van der Waals surface area contributed by atoms with Crippen molar-refractivity contribution in [1.29, 1.82) is 0 Å². The van der Waals surface area contributed by atoms with Crippen LogP contribution in [0.4, 0.5) is 14.7 Å². The van der Waals surface area contributed by atoms with E-state index in [1.807, 2.05) is 9.80 Å². The molecule has 2 saturated heterocycles. The maximum atomic E-state index is 14.1. The van der Waals surface area contributed by atoms with Crippen molar-refractivity contribution in [1.82, 2.24) is 24.4 Å². The molecule has 0 spiro atoms. The molecule has 208 valence electrons. The Bertz CT molecular complexity index is 1320. The first kappa shape index (κ1) is 25.9. The van der Waals surface area contributed by atoms with Gasteiger partial charge in [0.05, 0.1) is 43.4 Å². The van der Waals surface area contributed by atoms with Crippen molar-refractivity contribution >= 4 is 22.9 Å². The Balaban J connectivity index is 1.24. The number of ether oxygens (including phenoxy) is 3. The second-order valence-electron chi connectivity index (χ2n) is 10.3. The van der Waals surface area contributed by atoms with E-state index in [2.05, 4.69) is 15.0 Å². The van der Waals surface area contributed by atoms with Crippen LogP contribution >= 0.6 is 0 Å². The van der Waals surface area contributed by atoms with Crippen LogP contribution in [0.3, 0.4) is 0 Å². The molecule has 2 aromatic heterocycles. The number of morpholine rings is 1. The standard InChI is InChI=1S/C27H32F2N6O4/c1-37-18-8-6-17(7-9-18)26(36)34-15-19(16-34)39-23-14-22(31-27(32-23)33-10-12-38-13-11-33)35-21-5-3-2-4-20(21)30-25(35)24(28)29/h2-5,14,17-19,24H,6-13,15-16H2,1H3/t17-,18-. The molecule has 10 nitrogen and oxygen atoms in total. The number of amides is 1. The van der Waals surface area contributed by atoms with Gasteiger partial charge >= 0.3 is 0 Å². The van der Waals surface area contributed by atoms with Crippen LogP contribution in [0.5, 0.6) is 5.88 Å². The van der Waals surface area contributed by atoms with E-state index in [4.69, 9.17) is 14.2 Å². The first-order valence-electron chi connectivity index (χ1n) is 13.5. The van der Waals surface area contributed by atoms with Crippen molar-refractivity contribution in [3.63, 3.8) is 0 Å². The summed E-state index contributed by atoms with van der Waals surface area (Å²) in [5.74, 6) is 0.708. The molecule has 1 aromatic carbocycles. The molecule has 3 aliphatic rings. The summed E-state index contributed by atoms with van der Waals surface area (Å²) in [6.45, 7) is 3.12. The highest BCUT2D eigenvalue weighted by Gasteiger charge is 2.37. The zero-order valence-electron chi connectivity index (χ0n) is 21.8. The molecular weight excluding hydrogens is 510 g/mol. The third-order valence-corrected chi connectivity index (χ3v) is 7.79. The van der Waals surface area contributed by atoms with E-state index in [9.17, 15) is 13.6 Å². The van der Waals surface area contributed by atoms with Crippen molar-refractivity contribution in [2.75, 3.05) is 51.4 Å². The Morgan fingerprint density at radius 2 is 1.77 bits per heavy atom. The summed E-state index contributed by atoms with van der Waals surface area (Å²) < 4.78 is 46.6. The molecule has 4 heterocycles. The number of benzene rings is 1. The number of hydrogen-bond acceptors (Lipinski definition) is 8. The Morgan fingerprint density at radius 1 is 1.03 bits per heavy atom. The number of carbonyl (C=O) groups is 1. The molecule has 1 aliphatic carbocycles. The van der Waals surface area contributed by atoms with Gasteiger partial charge < -0.3 is 24.0 Å². The van der Waals surface area contributed by atoms with Gasteiger partial charge in [0, 0.05) is 32.2 Å². The van der Waals surface area contributed by atoms with Crippen LogP contribution in [-0.4, -0.2) is 89.0 Å². The predicted molar refractivity (Wildman–Crippen MR) is 138 cm³/mol. The smallest absolute Gasteiger partial charge is 0.296 e. The number of halogens is 2. The molecule has 3 fully saturated rings. The van der Waals surface area contributed by atoms with Gasteiger partial charge in [-0.25, -0.2) is 13.8 Å². The number of anilines is 1. The normalized spacial score (nSPS) is 22.4. The van der Waals surface area contributed by atoms with Gasteiger partial charge in [-0.15, -0.1) is 0 Å². The highest BCUT2D eigenvalue weighted by Crippen LogP contribution is 2.32. The van der Waals surface area contributed by atoms with Gasteiger partial charge in [-0.1, -0.05) is 12.1 Å². The predicted octanol–water partition coefficient (Wildman–Crippen LogP) is 3.38. The Kier molecular flexibility index (Phi) is 7.30. The molecule has 3 aromatic rings. The molecular formula is C27H32F2N6O4. The molecule has 1 amide bonds. The fraction of sp³-hybridized carbons (Fsp3) is 0.556. The van der Waals surface area contributed by atoms with Crippen molar-refractivity contribution in [2.45, 2.75) is 44.3 Å². The van der Waals surface area contributed by atoms with Crippen LogP contribution in [0.2, 0.25) is 0 Å². The summed E-state index contributed by atoms with van der Waals surface area (Å²) in [6, 6.07) is 8.54. The van der Waals surface area contributed by atoms with E-state index in [0.29, 0.717) is 56.4 Å². The Labute approximate surface area is 224 Å². The lowest BCUT2D eigenvalue weighted by Crippen LogP contribution is -2.58. The number of methoxy groups -OCH3 is 1. The first-order chi connectivity index (χ1) is 19.0. The molecule has 12 heteroatoms. The Morgan fingerprint density at radius 3 is 2.49 bits per heavy atom. The molecule has 6 rings (SSSR count). The van der Waals surface area contributed by atoms with Crippen LogP contribution in [-0.2, 0) is 14.3 Å². The lowest BCUT2D eigenvalue weighted by atomic mass is 9.85. The third kappa shape index (κ3) is 5.27. The number of imidazole rings is 1. The second-order valence-corrected chi connectivity index (χ2v) is 10.3. The first-order valence-corrected chi connectivity index (χ1v) is 13.5. The number of para-hydroxylation sites is 2. The largest absolute Gasteiger partial charge is 0.470 e. The molecule has 0 N–H and O–H groups in total. The average molecular weight is 543 g/mol. The monoisotopic (exact) mass is 542 g/mol. The minimum atomic E-state index is -2.80. The summed E-state index contributed by atoms with van der Waals surface area (Å²) in [7, 11) is 1.72. The third-order valence-electron chi connectivity index (χ3n) is 7.79. The summed E-state index contributed by atoms with van der Waals surface area (Å²) in [5, 5.41) is 0. The van der Waals surface area contributed by atoms with Crippen molar-refractivity contribution in [3.8, 4) is 11.7 Å². The molecule has 39 heavy (non-hydrogen) atoms. The Hall–Kier alpha value is -3.38. The van der Waals surface area contributed by atoms with Crippen LogP contribution in [0.15, 0.2) is 30.3 Å². The molecule has 0 atom stereocenters. The van der Waals surface area contributed by atoms with Crippen molar-refractivity contribution in [2.24, 2.45) is 5.92 Å². The fourth-order valence-corrected chi connectivity index (χ4v) is 5.58. The molecule has 0 radical (unpaired) electrons. The number of aromatic nitrogens is 4. The number of fused-ring (bicyclic) bond motifs is 1. The van der Waals surface area contributed by atoms with E-state index in [-0.39, 0.29) is 35.7 Å². The van der Waals surface area contributed by atoms with Gasteiger partial charge in [-0.3, -0.25) is 9.36 Å². The highest BCUT2D eigenvalue weighted by atomic mass is 19.3. The summed E-state index contributed by atoms with van der Waals surface area (Å²) >= 11 is 0. The number of likely N-dealkylation sites (tertiary alicyclic amines) is 1. The highest BCUT2D eigenvalue weighted by molar-refractivity contribution is 5.80. The molecule has 1 saturated carbocycles. The van der Waals surface area contributed by atoms with E-state index < -0.39 is 12.2 Å². The number of hydrogen-bond donors (Lipinski definition) is 0. The van der Waals surface area contributed by atoms with Gasteiger partial charge in [0.2, 0.25) is 17.7 Å². The quantitative estimate of drug-likeness (QED) is 0.449. The molecule has 0 unspecified atom stereocenters. The summed E-state index contributed by atoms with van der Waals surface area (Å²) in [4.78, 5) is 30.2. The maximum absolute atomic E-state index is 14.1. The topological polar surface area (TPSA) is 94.8 Å². The number of rotatable bonds is 7.